The molecule has 1 rings (SSSR count). The summed E-state index contributed by atoms with van der Waals surface area (Å²) in [4.78, 5) is 12.1. The van der Waals surface area contributed by atoms with Crippen LogP contribution in [0.2, 0.25) is 0 Å². The summed E-state index contributed by atoms with van der Waals surface area (Å²) in [5.74, 6) is 1.16. The van der Waals surface area contributed by atoms with Gasteiger partial charge in [0.25, 0.3) is 0 Å². The molecule has 0 aromatic carbocycles. The van der Waals surface area contributed by atoms with Crippen molar-refractivity contribution in [3.05, 3.63) is 12.3 Å². The molecule has 1 aromatic heterocycles. The predicted molar refractivity (Wildman–Crippen MR) is 88.8 cm³/mol. The molecule has 0 unspecified atom stereocenters. The highest BCUT2D eigenvalue weighted by Crippen LogP contribution is 2.29. The average molecular weight is 310 g/mol. The summed E-state index contributed by atoms with van der Waals surface area (Å²) < 4.78 is 1.80. The number of hydrogen-bond donors (Lipinski definition) is 3. The number of aliphatic hydroxyl groups excluding tert-OH is 1. The highest BCUT2D eigenvalue weighted by molar-refractivity contribution is 5.88. The van der Waals surface area contributed by atoms with E-state index in [1.165, 1.54) is 0 Å². The SMILES string of the molecule is CCC(CC)(CCO)CNC(=O)Nc1ccnn1CC(C)C. The first-order valence-electron chi connectivity index (χ1n) is 8.14. The maximum atomic E-state index is 12.1. The van der Waals surface area contributed by atoms with Crippen LogP contribution in [-0.4, -0.2) is 34.1 Å². The van der Waals surface area contributed by atoms with Gasteiger partial charge in [-0.1, -0.05) is 27.7 Å². The lowest BCUT2D eigenvalue weighted by Gasteiger charge is -2.31. The van der Waals surface area contributed by atoms with Crippen molar-refractivity contribution in [2.45, 2.75) is 53.5 Å². The number of aromatic nitrogens is 2. The van der Waals surface area contributed by atoms with E-state index in [4.69, 9.17) is 0 Å². The number of urea groups is 1. The van der Waals surface area contributed by atoms with Crippen LogP contribution >= 0.6 is 0 Å². The number of carbonyl (C=O) groups excluding carboxylic acids is 1. The molecule has 0 saturated carbocycles. The summed E-state index contributed by atoms with van der Waals surface area (Å²) in [5.41, 5.74) is -0.0374. The standard InChI is InChI=1S/C16H30N4O2/c1-5-16(6-2,8-10-21)12-17-15(22)19-14-7-9-18-20(14)11-13(3)4/h7,9,13,21H,5-6,8,10-12H2,1-4H3,(H2,17,19,22). The maximum absolute atomic E-state index is 12.1. The fourth-order valence-corrected chi connectivity index (χ4v) is 2.54. The number of hydrogen-bond acceptors (Lipinski definition) is 3. The van der Waals surface area contributed by atoms with E-state index in [2.05, 4.69) is 43.4 Å². The first kappa shape index (κ1) is 18.5. The Morgan fingerprint density at radius 3 is 2.64 bits per heavy atom. The van der Waals surface area contributed by atoms with Gasteiger partial charge in [-0.15, -0.1) is 0 Å². The van der Waals surface area contributed by atoms with Gasteiger partial charge in [-0.2, -0.15) is 5.10 Å². The van der Waals surface area contributed by atoms with Crippen LogP contribution < -0.4 is 10.6 Å². The quantitative estimate of drug-likeness (QED) is 0.656. The lowest BCUT2D eigenvalue weighted by molar-refractivity contribution is 0.165. The molecule has 1 aromatic rings. The number of nitrogens with one attached hydrogen (secondary N) is 2. The molecule has 0 saturated heterocycles. The van der Waals surface area contributed by atoms with Crippen LogP contribution in [0.4, 0.5) is 10.6 Å². The molecule has 0 atom stereocenters. The van der Waals surface area contributed by atoms with Gasteiger partial charge < -0.3 is 10.4 Å². The maximum Gasteiger partial charge on any atom is 0.320 e. The molecule has 0 spiro atoms. The fourth-order valence-electron chi connectivity index (χ4n) is 2.54. The molecule has 0 bridgehead atoms. The predicted octanol–water partition coefficient (Wildman–Crippen LogP) is 2.85. The molecule has 0 radical (unpaired) electrons. The summed E-state index contributed by atoms with van der Waals surface area (Å²) in [6, 6.07) is 1.57. The summed E-state index contributed by atoms with van der Waals surface area (Å²) in [6.07, 6.45) is 4.24. The van der Waals surface area contributed by atoms with E-state index in [0.717, 1.165) is 19.4 Å². The van der Waals surface area contributed by atoms with Gasteiger partial charge in [-0.25, -0.2) is 9.48 Å². The van der Waals surface area contributed by atoms with Gasteiger partial charge in [0, 0.05) is 25.8 Å². The Bertz CT molecular complexity index is 453. The third kappa shape index (κ3) is 5.33. The third-order valence-electron chi connectivity index (χ3n) is 4.26. The second-order valence-corrected chi connectivity index (χ2v) is 6.28. The largest absolute Gasteiger partial charge is 0.396 e. The van der Waals surface area contributed by atoms with Crippen molar-refractivity contribution in [1.29, 1.82) is 0 Å². The molecule has 2 amide bonds. The van der Waals surface area contributed by atoms with E-state index in [0.29, 0.717) is 24.7 Å². The number of aliphatic hydroxyl groups is 1. The summed E-state index contributed by atoms with van der Waals surface area (Å²) in [7, 11) is 0. The smallest absolute Gasteiger partial charge is 0.320 e. The monoisotopic (exact) mass is 310 g/mol. The van der Waals surface area contributed by atoms with Crippen molar-refractivity contribution < 1.29 is 9.90 Å². The van der Waals surface area contributed by atoms with E-state index in [9.17, 15) is 9.90 Å². The van der Waals surface area contributed by atoms with E-state index < -0.39 is 0 Å². The van der Waals surface area contributed by atoms with Gasteiger partial charge in [0.05, 0.1) is 6.20 Å². The third-order valence-corrected chi connectivity index (χ3v) is 4.26. The summed E-state index contributed by atoms with van der Waals surface area (Å²) in [5, 5.41) is 19.2. The van der Waals surface area contributed by atoms with Crippen LogP contribution in [0, 0.1) is 11.3 Å². The fraction of sp³-hybridized carbons (Fsp3) is 0.750. The Labute approximate surface area is 133 Å². The number of rotatable bonds is 9. The van der Waals surface area contributed by atoms with Crippen LogP contribution in [0.3, 0.4) is 0 Å². The van der Waals surface area contributed by atoms with Crippen LogP contribution in [0.15, 0.2) is 12.3 Å². The topological polar surface area (TPSA) is 79.2 Å². The first-order chi connectivity index (χ1) is 10.5. The van der Waals surface area contributed by atoms with Crippen molar-refractivity contribution in [3.8, 4) is 0 Å². The van der Waals surface area contributed by atoms with Gasteiger partial charge in [0.1, 0.15) is 5.82 Å². The number of nitrogens with zero attached hydrogens (tertiary/aromatic N) is 2. The Balaban J connectivity index is 2.58. The van der Waals surface area contributed by atoms with Crippen molar-refractivity contribution >= 4 is 11.8 Å². The van der Waals surface area contributed by atoms with E-state index >= 15 is 0 Å². The lowest BCUT2D eigenvalue weighted by atomic mass is 9.79. The molecule has 0 fully saturated rings. The van der Waals surface area contributed by atoms with Gasteiger partial charge in [-0.3, -0.25) is 5.32 Å². The highest BCUT2D eigenvalue weighted by Gasteiger charge is 2.26. The van der Waals surface area contributed by atoms with Crippen molar-refractivity contribution in [3.63, 3.8) is 0 Å². The van der Waals surface area contributed by atoms with Crippen molar-refractivity contribution in [2.75, 3.05) is 18.5 Å². The van der Waals surface area contributed by atoms with E-state index in [-0.39, 0.29) is 18.1 Å². The average Bonchev–Trinajstić information content (AvgIpc) is 2.90. The van der Waals surface area contributed by atoms with Crippen LogP contribution in [0.25, 0.3) is 0 Å². The van der Waals surface area contributed by atoms with Crippen molar-refractivity contribution in [1.82, 2.24) is 15.1 Å². The van der Waals surface area contributed by atoms with Crippen LogP contribution in [0.5, 0.6) is 0 Å². The second-order valence-electron chi connectivity index (χ2n) is 6.28. The summed E-state index contributed by atoms with van der Waals surface area (Å²) >= 11 is 0. The molecular weight excluding hydrogens is 280 g/mol. The molecule has 0 aliphatic heterocycles. The minimum absolute atomic E-state index is 0.0374. The molecule has 6 heteroatoms. The molecule has 126 valence electrons. The second kappa shape index (κ2) is 8.78. The number of carbonyl (C=O) groups is 1. The molecule has 6 nitrogen and oxygen atoms in total. The van der Waals surface area contributed by atoms with Gasteiger partial charge in [0.15, 0.2) is 0 Å². The molecule has 3 N–H and O–H groups in total. The zero-order valence-corrected chi connectivity index (χ0v) is 14.2. The Morgan fingerprint density at radius 1 is 1.41 bits per heavy atom. The minimum Gasteiger partial charge on any atom is -0.396 e. The van der Waals surface area contributed by atoms with Crippen LogP contribution in [0.1, 0.15) is 47.0 Å². The first-order valence-corrected chi connectivity index (χ1v) is 8.14. The van der Waals surface area contributed by atoms with E-state index in [1.807, 2.05) is 0 Å². The molecular formula is C16H30N4O2. The number of anilines is 1. The molecule has 22 heavy (non-hydrogen) atoms. The highest BCUT2D eigenvalue weighted by atomic mass is 16.3. The minimum atomic E-state index is -0.227. The molecule has 0 aliphatic carbocycles. The molecule has 0 aliphatic rings. The van der Waals surface area contributed by atoms with Gasteiger partial charge >= 0.3 is 6.03 Å². The van der Waals surface area contributed by atoms with Crippen LogP contribution in [-0.2, 0) is 6.54 Å². The lowest BCUT2D eigenvalue weighted by Crippen LogP contribution is -2.40. The Hall–Kier alpha value is -1.56. The Kier molecular flexibility index (Phi) is 7.38. The zero-order valence-electron chi connectivity index (χ0n) is 14.2. The normalized spacial score (nSPS) is 11.7. The summed E-state index contributed by atoms with van der Waals surface area (Å²) in [6.45, 7) is 9.87. The van der Waals surface area contributed by atoms with Crippen molar-refractivity contribution in [2.24, 2.45) is 11.3 Å². The molecule has 1 heterocycles. The van der Waals surface area contributed by atoms with Gasteiger partial charge in [0.2, 0.25) is 0 Å². The number of amides is 2. The zero-order chi connectivity index (χ0) is 16.6. The Morgan fingerprint density at radius 2 is 2.09 bits per heavy atom. The van der Waals surface area contributed by atoms with E-state index in [1.54, 1.807) is 16.9 Å². The van der Waals surface area contributed by atoms with Gasteiger partial charge in [-0.05, 0) is 30.6 Å².